The number of aromatic nitrogens is 5. The minimum atomic E-state index is 0.474. The fraction of sp³-hybridized carbons (Fsp3) is 0.471. The predicted molar refractivity (Wildman–Crippen MR) is 110 cm³/mol. The Balaban J connectivity index is 1.58. The van der Waals surface area contributed by atoms with Crippen LogP contribution < -0.4 is 9.57 Å². The first kappa shape index (κ1) is 16.5. The Hall–Kier alpha value is -1.71. The molecule has 3 aromatic heterocycles. The molecule has 7 nitrogen and oxygen atoms in total. The first-order valence-electron chi connectivity index (χ1n) is 9.13. The average molecular weight is 387 g/mol. The van der Waals surface area contributed by atoms with Gasteiger partial charge in [0.2, 0.25) is 5.95 Å². The van der Waals surface area contributed by atoms with Gasteiger partial charge in [0.15, 0.2) is 11.6 Å². The van der Waals surface area contributed by atoms with Crippen LogP contribution in [0.2, 0.25) is 0 Å². The van der Waals surface area contributed by atoms with Crippen LogP contribution in [0.4, 0.5) is 17.6 Å². The van der Waals surface area contributed by atoms with E-state index in [-0.39, 0.29) is 0 Å². The molecule has 2 fully saturated rings. The summed E-state index contributed by atoms with van der Waals surface area (Å²) in [5.41, 5.74) is 2.24. The van der Waals surface area contributed by atoms with Crippen LogP contribution in [0.1, 0.15) is 44.2 Å². The molecule has 1 aliphatic carbocycles. The van der Waals surface area contributed by atoms with Gasteiger partial charge in [-0.15, -0.1) is 5.10 Å². The molecular weight excluding hydrogens is 364 g/mol. The fourth-order valence-electron chi connectivity index (χ4n) is 3.74. The number of hydrogen-bond acceptors (Lipinski definition) is 5. The van der Waals surface area contributed by atoms with Gasteiger partial charge in [0.05, 0.1) is 0 Å². The van der Waals surface area contributed by atoms with Gasteiger partial charge in [-0.25, -0.2) is 4.52 Å². The topological polar surface area (TPSA) is 54.5 Å². The number of rotatable bonds is 4. The van der Waals surface area contributed by atoms with E-state index in [9.17, 15) is 0 Å². The summed E-state index contributed by atoms with van der Waals surface area (Å²) in [6.45, 7) is 3.25. The first-order valence-corrected chi connectivity index (χ1v) is 10.2. The Labute approximate surface area is 157 Å². The van der Waals surface area contributed by atoms with Crippen molar-refractivity contribution in [1.82, 2.24) is 24.1 Å². The van der Waals surface area contributed by atoms with Crippen LogP contribution in [0.3, 0.4) is 0 Å². The van der Waals surface area contributed by atoms with Crippen LogP contribution in [0.5, 0.6) is 0 Å². The molecule has 3 aromatic rings. The Morgan fingerprint density at radius 2 is 2.08 bits per heavy atom. The van der Waals surface area contributed by atoms with E-state index in [4.69, 9.17) is 10.1 Å². The molecule has 5 rings (SSSR count). The molecule has 1 aliphatic heterocycles. The van der Waals surface area contributed by atoms with Crippen molar-refractivity contribution in [3.63, 3.8) is 0 Å². The summed E-state index contributed by atoms with van der Waals surface area (Å²) in [4.78, 5) is 7.22. The van der Waals surface area contributed by atoms with Gasteiger partial charge < -0.3 is 4.90 Å². The lowest BCUT2D eigenvalue weighted by atomic mass is 10.2. The van der Waals surface area contributed by atoms with Gasteiger partial charge in [-0.1, -0.05) is 0 Å². The van der Waals surface area contributed by atoms with Crippen LogP contribution in [-0.2, 0) is 0 Å². The third kappa shape index (κ3) is 2.69. The van der Waals surface area contributed by atoms with Crippen LogP contribution in [-0.4, -0.2) is 36.7 Å². The average Bonchev–Trinajstić information content (AvgIpc) is 3.03. The summed E-state index contributed by atoms with van der Waals surface area (Å²) in [6, 6.07) is 6.69. The molecule has 9 heteroatoms. The monoisotopic (exact) mass is 387 g/mol. The first-order chi connectivity index (χ1) is 12.6. The second-order valence-electron chi connectivity index (χ2n) is 7.27. The lowest BCUT2D eigenvalue weighted by Gasteiger charge is -2.23. The maximum atomic E-state index is 4.92. The predicted octanol–water partition coefficient (Wildman–Crippen LogP) is 3.36. The Morgan fingerprint density at radius 1 is 1.23 bits per heavy atom. The van der Waals surface area contributed by atoms with E-state index in [1.54, 1.807) is 0 Å². The molecular formula is C17H23N7P2. The summed E-state index contributed by atoms with van der Waals surface area (Å²) in [5, 5.41) is 9.41. The second-order valence-corrected chi connectivity index (χ2v) is 8.28. The molecule has 136 valence electrons. The largest absolute Gasteiger partial charge is 0.337 e. The molecule has 0 radical (unpaired) electrons. The zero-order valence-corrected chi connectivity index (χ0v) is 17.1. The quantitative estimate of drug-likeness (QED) is 0.643. The van der Waals surface area contributed by atoms with E-state index in [0.29, 0.717) is 12.0 Å². The van der Waals surface area contributed by atoms with Crippen molar-refractivity contribution in [3.05, 3.63) is 30.1 Å². The molecule has 0 bridgehead atoms. The van der Waals surface area contributed by atoms with Crippen molar-refractivity contribution in [2.45, 2.75) is 44.6 Å². The molecule has 26 heavy (non-hydrogen) atoms. The molecule has 4 heterocycles. The number of anilines is 3. The normalized spacial score (nSPS) is 20.3. The highest BCUT2D eigenvalue weighted by molar-refractivity contribution is 7.20. The Kier molecular flexibility index (Phi) is 3.91. The molecule has 1 saturated carbocycles. The smallest absolute Gasteiger partial charge is 0.245 e. The van der Waals surface area contributed by atoms with E-state index in [0.717, 1.165) is 29.6 Å². The number of nitrogens with zero attached hydrogens (tertiary/aromatic N) is 7. The summed E-state index contributed by atoms with van der Waals surface area (Å²) in [7, 11) is 5.48. The summed E-state index contributed by atoms with van der Waals surface area (Å²) in [5.74, 6) is 3.17. The van der Waals surface area contributed by atoms with Crippen molar-refractivity contribution >= 4 is 41.9 Å². The van der Waals surface area contributed by atoms with Crippen molar-refractivity contribution in [2.24, 2.45) is 0 Å². The molecule has 0 N–H and O–H groups in total. The van der Waals surface area contributed by atoms with Crippen LogP contribution in [0.15, 0.2) is 24.4 Å². The van der Waals surface area contributed by atoms with Gasteiger partial charge in [-0.2, -0.15) is 10.1 Å². The third-order valence-corrected chi connectivity index (χ3v) is 6.32. The van der Waals surface area contributed by atoms with Gasteiger partial charge in [0.25, 0.3) is 0 Å². The lowest BCUT2D eigenvalue weighted by molar-refractivity contribution is 0.703. The number of hydrogen-bond donors (Lipinski definition) is 0. The zero-order chi connectivity index (χ0) is 17.8. The van der Waals surface area contributed by atoms with Crippen molar-refractivity contribution in [1.29, 1.82) is 0 Å². The van der Waals surface area contributed by atoms with E-state index in [1.807, 2.05) is 32.0 Å². The molecule has 3 atom stereocenters. The fourth-order valence-corrected chi connectivity index (χ4v) is 4.46. The maximum Gasteiger partial charge on any atom is 0.245 e. The highest BCUT2D eigenvalue weighted by Gasteiger charge is 2.29. The van der Waals surface area contributed by atoms with Crippen LogP contribution in [0.25, 0.3) is 5.52 Å². The highest BCUT2D eigenvalue weighted by Crippen LogP contribution is 2.43. The highest BCUT2D eigenvalue weighted by atomic mass is 31.0. The summed E-state index contributed by atoms with van der Waals surface area (Å²) in [6.07, 6.45) is 6.87. The van der Waals surface area contributed by atoms with Crippen molar-refractivity contribution in [2.75, 3.05) is 16.1 Å². The zero-order valence-electron chi connectivity index (χ0n) is 14.8. The molecule has 0 spiro atoms. The van der Waals surface area contributed by atoms with E-state index < -0.39 is 0 Å². The van der Waals surface area contributed by atoms with E-state index in [1.165, 1.54) is 31.4 Å². The van der Waals surface area contributed by atoms with Gasteiger partial charge in [0, 0.05) is 36.5 Å². The summed E-state index contributed by atoms with van der Waals surface area (Å²) < 4.78 is 5.83. The van der Waals surface area contributed by atoms with Crippen LogP contribution in [0, 0.1) is 0 Å². The van der Waals surface area contributed by atoms with Gasteiger partial charge in [0.1, 0.15) is 5.52 Å². The Bertz CT molecular complexity index is 961. The lowest BCUT2D eigenvalue weighted by Crippen LogP contribution is -2.29. The van der Waals surface area contributed by atoms with Gasteiger partial charge in [-0.3, -0.25) is 9.12 Å². The molecule has 0 aromatic carbocycles. The minimum Gasteiger partial charge on any atom is -0.337 e. The molecule has 0 amide bonds. The molecule has 3 unspecified atom stereocenters. The second kappa shape index (κ2) is 6.17. The standard InChI is InChI=1S/C17H23N7P2/c1-11-4-2-8-21(11)17-18-16(13-5-3-9-22(13)20-17)23(25)15-10-14(12-6-7-12)24(26)19-15/h3,5,9-12H,2,4,6-8,25-26H2,1H3. The van der Waals surface area contributed by atoms with Gasteiger partial charge in [-0.05, 0) is 63.5 Å². The van der Waals surface area contributed by atoms with Crippen molar-refractivity contribution < 1.29 is 0 Å². The molecule has 1 saturated heterocycles. The SMILES string of the molecule is CC1CCCN1c1nc(N(P)c2cc(C3CC3)n(P)n2)c2cccn2n1. The maximum absolute atomic E-state index is 4.92. The van der Waals surface area contributed by atoms with Gasteiger partial charge >= 0.3 is 0 Å². The van der Waals surface area contributed by atoms with Crippen LogP contribution >= 0.6 is 18.8 Å². The minimum absolute atomic E-state index is 0.474. The molecule has 2 aliphatic rings. The van der Waals surface area contributed by atoms with Crippen molar-refractivity contribution in [3.8, 4) is 0 Å². The van der Waals surface area contributed by atoms with E-state index >= 15 is 0 Å². The Morgan fingerprint density at radius 3 is 2.81 bits per heavy atom. The summed E-state index contributed by atoms with van der Waals surface area (Å²) >= 11 is 0. The third-order valence-electron chi connectivity index (χ3n) is 5.39. The number of fused-ring (bicyclic) bond motifs is 1. The van der Waals surface area contributed by atoms with E-state index in [2.05, 4.69) is 41.8 Å².